The summed E-state index contributed by atoms with van der Waals surface area (Å²) in [6.45, 7) is 11.2. The second-order valence-electron chi connectivity index (χ2n) is 4.75. The van der Waals surface area contributed by atoms with Crippen LogP contribution in [0, 0.1) is 18.4 Å². The zero-order chi connectivity index (χ0) is 13.5. The number of hydrogen-bond donors (Lipinski definition) is 0. The number of esters is 1. The molecule has 0 aliphatic heterocycles. The van der Waals surface area contributed by atoms with Crippen molar-refractivity contribution in [2.45, 2.75) is 39.5 Å². The third-order valence-electron chi connectivity index (χ3n) is 3.40. The number of hydrogen-bond acceptors (Lipinski definition) is 2. The fraction of sp³-hybridized carbons (Fsp3) is 0.600. The molecule has 0 saturated carbocycles. The van der Waals surface area contributed by atoms with Crippen molar-refractivity contribution in [2.24, 2.45) is 11.8 Å². The summed E-state index contributed by atoms with van der Waals surface area (Å²) in [6.07, 6.45) is 8.07. The van der Waals surface area contributed by atoms with Gasteiger partial charge in [-0.2, -0.15) is 0 Å². The van der Waals surface area contributed by atoms with Crippen LogP contribution in [0.4, 0.5) is 0 Å². The first kappa shape index (κ1) is 14.5. The summed E-state index contributed by atoms with van der Waals surface area (Å²) in [6, 6.07) is 0. The van der Waals surface area contributed by atoms with Gasteiger partial charge in [0.2, 0.25) is 0 Å². The Kier molecular flexibility index (Phi) is 5.64. The Morgan fingerprint density at radius 2 is 2.22 bits per heavy atom. The van der Waals surface area contributed by atoms with Crippen LogP contribution < -0.4 is 0 Å². The van der Waals surface area contributed by atoms with E-state index in [4.69, 9.17) is 11.3 Å². The van der Waals surface area contributed by atoms with Gasteiger partial charge in [-0.3, -0.25) is 4.79 Å². The van der Waals surface area contributed by atoms with Crippen molar-refractivity contribution >= 4 is 5.97 Å². The molecular formula is C15H21NO2. The highest BCUT2D eigenvalue weighted by molar-refractivity contribution is 5.77. The topological polar surface area (TPSA) is 30.7 Å². The molecule has 3 heteroatoms. The Bertz CT molecular complexity index is 401. The van der Waals surface area contributed by atoms with Gasteiger partial charge >= 0.3 is 5.97 Å². The van der Waals surface area contributed by atoms with Crippen LogP contribution in [0.25, 0.3) is 4.85 Å². The van der Waals surface area contributed by atoms with Gasteiger partial charge in [-0.25, -0.2) is 4.85 Å². The van der Waals surface area contributed by atoms with Gasteiger partial charge in [0.15, 0.2) is 5.70 Å². The van der Waals surface area contributed by atoms with Crippen LogP contribution in [0.1, 0.15) is 39.5 Å². The van der Waals surface area contributed by atoms with Crippen molar-refractivity contribution in [3.8, 4) is 0 Å². The van der Waals surface area contributed by atoms with E-state index in [1.807, 2.05) is 13.0 Å². The number of carbonyl (C=O) groups is 1. The van der Waals surface area contributed by atoms with Crippen molar-refractivity contribution in [1.29, 1.82) is 0 Å². The zero-order valence-corrected chi connectivity index (χ0v) is 11.4. The van der Waals surface area contributed by atoms with Gasteiger partial charge < -0.3 is 4.74 Å². The molecule has 2 atom stereocenters. The van der Waals surface area contributed by atoms with Crippen LogP contribution in [0.3, 0.4) is 0 Å². The second-order valence-corrected chi connectivity index (χ2v) is 4.75. The SMILES string of the molecule is [C-]#[N+]C1=CC(CCCCC)C(C(=O)OC)C(C)=C1. The Morgan fingerprint density at radius 3 is 2.78 bits per heavy atom. The molecule has 0 N–H and O–H groups in total. The summed E-state index contributed by atoms with van der Waals surface area (Å²) < 4.78 is 4.88. The number of carbonyl (C=O) groups excluding carboxylic acids is 1. The third kappa shape index (κ3) is 3.46. The first-order valence-corrected chi connectivity index (χ1v) is 6.49. The average Bonchev–Trinajstić information content (AvgIpc) is 2.37. The van der Waals surface area contributed by atoms with Gasteiger partial charge in [0.25, 0.3) is 0 Å². The van der Waals surface area contributed by atoms with Crippen LogP contribution in [0.15, 0.2) is 23.4 Å². The Balaban J connectivity index is 2.86. The van der Waals surface area contributed by atoms with E-state index in [2.05, 4.69) is 11.8 Å². The third-order valence-corrected chi connectivity index (χ3v) is 3.40. The first-order valence-electron chi connectivity index (χ1n) is 6.49. The van der Waals surface area contributed by atoms with Crippen molar-refractivity contribution in [1.82, 2.24) is 0 Å². The highest BCUT2D eigenvalue weighted by atomic mass is 16.5. The van der Waals surface area contributed by atoms with Crippen molar-refractivity contribution < 1.29 is 9.53 Å². The lowest BCUT2D eigenvalue weighted by molar-refractivity contribution is -0.145. The van der Waals surface area contributed by atoms with Crippen LogP contribution in [0.2, 0.25) is 0 Å². The molecule has 0 bridgehead atoms. The highest BCUT2D eigenvalue weighted by Gasteiger charge is 2.31. The fourth-order valence-electron chi connectivity index (χ4n) is 2.46. The maximum atomic E-state index is 11.8. The van der Waals surface area contributed by atoms with E-state index >= 15 is 0 Å². The smallest absolute Gasteiger partial charge is 0.313 e. The molecule has 98 valence electrons. The molecule has 0 heterocycles. The fourth-order valence-corrected chi connectivity index (χ4v) is 2.46. The predicted molar refractivity (Wildman–Crippen MR) is 71.6 cm³/mol. The van der Waals surface area contributed by atoms with E-state index in [0.717, 1.165) is 31.3 Å². The lowest BCUT2D eigenvalue weighted by atomic mass is 9.79. The largest absolute Gasteiger partial charge is 0.469 e. The molecule has 0 aromatic carbocycles. The summed E-state index contributed by atoms with van der Waals surface area (Å²) in [7, 11) is 1.42. The van der Waals surface area contributed by atoms with Gasteiger partial charge in [-0.15, -0.1) is 0 Å². The van der Waals surface area contributed by atoms with Crippen LogP contribution in [-0.4, -0.2) is 13.1 Å². The number of unbranched alkanes of at least 4 members (excludes halogenated alkanes) is 2. The van der Waals surface area contributed by atoms with Crippen molar-refractivity contribution in [3.63, 3.8) is 0 Å². The maximum absolute atomic E-state index is 11.8. The van der Waals surface area contributed by atoms with Crippen LogP contribution >= 0.6 is 0 Å². The maximum Gasteiger partial charge on any atom is 0.313 e. The van der Waals surface area contributed by atoms with Gasteiger partial charge in [0.1, 0.15) is 0 Å². The van der Waals surface area contributed by atoms with Crippen molar-refractivity contribution in [3.05, 3.63) is 34.8 Å². The molecule has 0 amide bonds. The van der Waals surface area contributed by atoms with Crippen LogP contribution in [0.5, 0.6) is 0 Å². The second kappa shape index (κ2) is 7.00. The van der Waals surface area contributed by atoms with E-state index in [1.165, 1.54) is 7.11 Å². The number of methoxy groups -OCH3 is 1. The van der Waals surface area contributed by atoms with Gasteiger partial charge in [-0.05, 0) is 19.3 Å². The molecule has 3 nitrogen and oxygen atoms in total. The van der Waals surface area contributed by atoms with Gasteiger partial charge in [0.05, 0.1) is 19.6 Å². The normalized spacial score (nSPS) is 22.8. The van der Waals surface area contributed by atoms with E-state index in [-0.39, 0.29) is 17.8 Å². The summed E-state index contributed by atoms with van der Waals surface area (Å²) in [5, 5.41) is 0. The molecule has 0 spiro atoms. The molecule has 18 heavy (non-hydrogen) atoms. The van der Waals surface area contributed by atoms with E-state index in [0.29, 0.717) is 5.70 Å². The Hall–Kier alpha value is -1.56. The number of rotatable bonds is 5. The molecule has 1 aliphatic rings. The molecule has 2 unspecified atom stereocenters. The molecule has 1 aliphatic carbocycles. The zero-order valence-electron chi connectivity index (χ0n) is 11.4. The minimum absolute atomic E-state index is 0.109. The van der Waals surface area contributed by atoms with Gasteiger partial charge in [-0.1, -0.05) is 43.9 Å². The van der Waals surface area contributed by atoms with Gasteiger partial charge in [0, 0.05) is 0 Å². The molecule has 0 fully saturated rings. The molecule has 0 radical (unpaired) electrons. The molecule has 0 aromatic heterocycles. The van der Waals surface area contributed by atoms with Crippen LogP contribution in [-0.2, 0) is 9.53 Å². The predicted octanol–water partition coefficient (Wildman–Crippen LogP) is 3.74. The highest BCUT2D eigenvalue weighted by Crippen LogP contribution is 2.33. The summed E-state index contributed by atoms with van der Waals surface area (Å²) in [5.74, 6) is -0.291. The number of ether oxygens (including phenoxy) is 1. The van der Waals surface area contributed by atoms with E-state index < -0.39 is 0 Å². The Morgan fingerprint density at radius 1 is 1.50 bits per heavy atom. The Labute approximate surface area is 109 Å². The molecule has 0 aromatic rings. The quantitative estimate of drug-likeness (QED) is 0.421. The molecular weight excluding hydrogens is 226 g/mol. The minimum Gasteiger partial charge on any atom is -0.469 e. The monoisotopic (exact) mass is 247 g/mol. The summed E-state index contributed by atoms with van der Waals surface area (Å²) in [5.41, 5.74) is 1.59. The standard InChI is InChI=1S/C15H21NO2/c1-5-6-7-8-12-10-13(16-3)9-11(2)14(12)15(17)18-4/h9-10,12,14H,5-8H2,1-2,4H3. The van der Waals surface area contributed by atoms with Crippen molar-refractivity contribution in [2.75, 3.05) is 7.11 Å². The lowest BCUT2D eigenvalue weighted by Gasteiger charge is -2.27. The minimum atomic E-state index is -0.211. The number of nitrogens with zero attached hydrogens (tertiary/aromatic N) is 1. The molecule has 1 rings (SSSR count). The van der Waals surface area contributed by atoms with E-state index in [1.54, 1.807) is 6.08 Å². The number of allylic oxidation sites excluding steroid dienone is 2. The lowest BCUT2D eigenvalue weighted by Crippen LogP contribution is -2.27. The average molecular weight is 247 g/mol. The van der Waals surface area contributed by atoms with E-state index in [9.17, 15) is 4.79 Å². The summed E-state index contributed by atoms with van der Waals surface area (Å²) >= 11 is 0. The molecule has 0 saturated heterocycles. The summed E-state index contributed by atoms with van der Waals surface area (Å²) in [4.78, 5) is 15.3. The first-order chi connectivity index (χ1) is 8.63.